The molecule has 2 saturated carbocycles. The molecule has 1 saturated heterocycles. The molecule has 4 nitrogen and oxygen atoms in total. The number of esters is 1. The molecule has 0 unspecified atom stereocenters. The van der Waals surface area contributed by atoms with E-state index in [1.54, 1.807) is 0 Å². The zero-order valence-electron chi connectivity index (χ0n) is 19.1. The van der Waals surface area contributed by atoms with Gasteiger partial charge in [0.05, 0.1) is 18.3 Å². The Hall–Kier alpha value is -1.91. The van der Waals surface area contributed by atoms with E-state index in [1.165, 1.54) is 32.6 Å². The summed E-state index contributed by atoms with van der Waals surface area (Å²) in [5, 5.41) is 2.11. The van der Waals surface area contributed by atoms with E-state index in [0.29, 0.717) is 29.6 Å². The van der Waals surface area contributed by atoms with Crippen LogP contribution < -0.4 is 4.74 Å². The zero-order valence-corrected chi connectivity index (χ0v) is 19.1. The maximum Gasteiger partial charge on any atom is 0.308 e. The average molecular weight is 423 g/mol. The van der Waals surface area contributed by atoms with Crippen molar-refractivity contribution in [1.29, 1.82) is 0 Å². The van der Waals surface area contributed by atoms with E-state index in [4.69, 9.17) is 14.2 Å². The summed E-state index contributed by atoms with van der Waals surface area (Å²) in [5.74, 6) is 1.33. The lowest BCUT2D eigenvalue weighted by molar-refractivity contribution is -0.285. The molecule has 0 amide bonds. The second-order valence-corrected chi connectivity index (χ2v) is 10.7. The van der Waals surface area contributed by atoms with Crippen LogP contribution in [0, 0.1) is 22.7 Å². The van der Waals surface area contributed by atoms with Crippen LogP contribution in [0.5, 0.6) is 5.75 Å². The molecule has 4 heteroatoms. The van der Waals surface area contributed by atoms with Gasteiger partial charge in [-0.1, -0.05) is 57.5 Å². The number of benzene rings is 2. The highest BCUT2D eigenvalue weighted by Gasteiger charge is 2.56. The maximum absolute atomic E-state index is 11.8. The Morgan fingerprint density at radius 1 is 1.06 bits per heavy atom. The van der Waals surface area contributed by atoms with Crippen LogP contribution in [0.15, 0.2) is 36.4 Å². The van der Waals surface area contributed by atoms with Crippen LogP contribution in [0.1, 0.15) is 71.7 Å². The van der Waals surface area contributed by atoms with Crippen molar-refractivity contribution in [3.05, 3.63) is 42.0 Å². The fraction of sp³-hybridized carbons (Fsp3) is 0.593. The lowest BCUT2D eigenvalue weighted by atomic mass is 9.48. The van der Waals surface area contributed by atoms with Crippen LogP contribution in [-0.2, 0) is 14.3 Å². The molecule has 1 heterocycles. The summed E-state index contributed by atoms with van der Waals surface area (Å²) in [6, 6.07) is 12.0. The van der Waals surface area contributed by atoms with Gasteiger partial charge >= 0.3 is 5.97 Å². The Kier molecular flexibility index (Phi) is 5.14. The number of hydrogen-bond donors (Lipinski definition) is 0. The van der Waals surface area contributed by atoms with Gasteiger partial charge < -0.3 is 14.2 Å². The fourth-order valence-electron chi connectivity index (χ4n) is 7.05. The standard InChI is InChI=1S/C27H34O4/c1-17(28)30-22-11-10-18-8-5-6-9-19(18)24(22)25-29-16-20-21(31-25)12-13-23-26(2,3)14-7-15-27(20,23)4/h5-6,8-11,20-21,23,25H,7,12-16H2,1-4H3/t20-,21-,23-,25+,27+/m0/s1. The molecule has 2 aromatic carbocycles. The van der Waals surface area contributed by atoms with Gasteiger partial charge in [0.2, 0.25) is 0 Å². The highest BCUT2D eigenvalue weighted by Crippen LogP contribution is 2.61. The van der Waals surface area contributed by atoms with Crippen LogP contribution in [0.25, 0.3) is 10.8 Å². The molecule has 0 spiro atoms. The fourth-order valence-corrected chi connectivity index (χ4v) is 7.05. The van der Waals surface area contributed by atoms with Crippen molar-refractivity contribution in [2.45, 2.75) is 72.2 Å². The summed E-state index contributed by atoms with van der Waals surface area (Å²) in [4.78, 5) is 11.8. The molecule has 166 valence electrons. The topological polar surface area (TPSA) is 44.8 Å². The minimum absolute atomic E-state index is 0.179. The smallest absolute Gasteiger partial charge is 0.308 e. The molecule has 0 aromatic heterocycles. The van der Waals surface area contributed by atoms with E-state index >= 15 is 0 Å². The predicted octanol–water partition coefficient (Wildman–Crippen LogP) is 6.42. The van der Waals surface area contributed by atoms with Gasteiger partial charge in [-0.15, -0.1) is 0 Å². The molecule has 5 rings (SSSR count). The van der Waals surface area contributed by atoms with Gasteiger partial charge in [-0.3, -0.25) is 4.79 Å². The summed E-state index contributed by atoms with van der Waals surface area (Å²) < 4.78 is 18.7. The quantitative estimate of drug-likeness (QED) is 0.414. The molecular weight excluding hydrogens is 388 g/mol. The van der Waals surface area contributed by atoms with Crippen LogP contribution in [0.4, 0.5) is 0 Å². The molecule has 2 aromatic rings. The lowest BCUT2D eigenvalue weighted by Crippen LogP contribution is -2.57. The predicted molar refractivity (Wildman–Crippen MR) is 121 cm³/mol. The van der Waals surface area contributed by atoms with Gasteiger partial charge in [-0.05, 0) is 59.3 Å². The molecule has 0 radical (unpaired) electrons. The van der Waals surface area contributed by atoms with E-state index in [9.17, 15) is 4.79 Å². The normalized spacial score (nSPS) is 34.6. The van der Waals surface area contributed by atoms with Gasteiger partial charge in [-0.25, -0.2) is 0 Å². The van der Waals surface area contributed by atoms with E-state index < -0.39 is 6.29 Å². The summed E-state index contributed by atoms with van der Waals surface area (Å²) in [6.45, 7) is 9.50. The minimum atomic E-state index is -0.515. The monoisotopic (exact) mass is 422 g/mol. The van der Waals surface area contributed by atoms with Crippen molar-refractivity contribution in [3.63, 3.8) is 0 Å². The molecule has 1 aliphatic heterocycles. The number of carbonyl (C=O) groups is 1. The van der Waals surface area contributed by atoms with E-state index in [1.807, 2.05) is 24.3 Å². The van der Waals surface area contributed by atoms with Crippen molar-refractivity contribution in [3.8, 4) is 5.75 Å². The van der Waals surface area contributed by atoms with E-state index in [2.05, 4.69) is 32.9 Å². The van der Waals surface area contributed by atoms with E-state index in [0.717, 1.165) is 22.8 Å². The van der Waals surface area contributed by atoms with Gasteiger partial charge in [0, 0.05) is 12.8 Å². The third kappa shape index (κ3) is 3.48. The van der Waals surface area contributed by atoms with Crippen LogP contribution in [0.2, 0.25) is 0 Å². The van der Waals surface area contributed by atoms with Crippen molar-refractivity contribution in [2.75, 3.05) is 6.61 Å². The first-order valence-electron chi connectivity index (χ1n) is 11.8. The average Bonchev–Trinajstić information content (AvgIpc) is 2.72. The summed E-state index contributed by atoms with van der Waals surface area (Å²) >= 11 is 0. The van der Waals surface area contributed by atoms with Gasteiger partial charge in [0.25, 0.3) is 0 Å². The third-order valence-corrected chi connectivity index (χ3v) is 8.46. The molecule has 5 atom stereocenters. The van der Waals surface area contributed by atoms with Crippen molar-refractivity contribution in [1.82, 2.24) is 0 Å². The molecule has 31 heavy (non-hydrogen) atoms. The Balaban J connectivity index is 1.48. The Bertz CT molecular complexity index is 996. The van der Waals surface area contributed by atoms with Crippen molar-refractivity contribution >= 4 is 16.7 Å². The second kappa shape index (κ2) is 7.60. The number of carbonyl (C=O) groups excluding carboxylic acids is 1. The SMILES string of the molecule is CC(=O)Oc1ccc2ccccc2c1[C@@H]1OC[C@H]2[C@H](CC[C@H]3C(C)(C)CCC[C@]23C)O1. The van der Waals surface area contributed by atoms with Gasteiger partial charge in [-0.2, -0.15) is 0 Å². The van der Waals surface area contributed by atoms with Crippen molar-refractivity contribution in [2.24, 2.45) is 22.7 Å². The maximum atomic E-state index is 11.8. The lowest BCUT2D eigenvalue weighted by Gasteiger charge is -2.60. The molecule has 3 fully saturated rings. The number of hydrogen-bond acceptors (Lipinski definition) is 4. The van der Waals surface area contributed by atoms with Crippen LogP contribution in [0.3, 0.4) is 0 Å². The zero-order chi connectivity index (χ0) is 21.8. The summed E-state index contributed by atoms with van der Waals surface area (Å²) in [6.07, 6.45) is 5.80. The van der Waals surface area contributed by atoms with Crippen molar-refractivity contribution < 1.29 is 19.0 Å². The van der Waals surface area contributed by atoms with Gasteiger partial charge in [0.1, 0.15) is 5.75 Å². The second-order valence-electron chi connectivity index (χ2n) is 10.7. The largest absolute Gasteiger partial charge is 0.426 e. The number of ether oxygens (including phenoxy) is 3. The summed E-state index contributed by atoms with van der Waals surface area (Å²) in [7, 11) is 0. The number of rotatable bonds is 2. The Morgan fingerprint density at radius 3 is 2.68 bits per heavy atom. The van der Waals surface area contributed by atoms with Crippen LogP contribution >= 0.6 is 0 Å². The minimum Gasteiger partial charge on any atom is -0.426 e. The molecule has 0 bridgehead atoms. The molecule has 3 aliphatic rings. The highest BCUT2D eigenvalue weighted by atomic mass is 16.7. The Morgan fingerprint density at radius 2 is 1.87 bits per heavy atom. The highest BCUT2D eigenvalue weighted by molar-refractivity contribution is 5.89. The Labute approximate surface area is 185 Å². The molecular formula is C27H34O4. The van der Waals surface area contributed by atoms with Gasteiger partial charge in [0.15, 0.2) is 6.29 Å². The first-order valence-corrected chi connectivity index (χ1v) is 11.8. The molecule has 2 aliphatic carbocycles. The number of fused-ring (bicyclic) bond motifs is 4. The first kappa shape index (κ1) is 21.0. The van der Waals surface area contributed by atoms with E-state index in [-0.39, 0.29) is 17.5 Å². The summed E-state index contributed by atoms with van der Waals surface area (Å²) in [5.41, 5.74) is 1.48. The molecule has 0 N–H and O–H groups in total. The van der Waals surface area contributed by atoms with Crippen LogP contribution in [-0.4, -0.2) is 18.7 Å². The first-order chi connectivity index (χ1) is 14.8. The third-order valence-electron chi connectivity index (χ3n) is 8.46.